The highest BCUT2D eigenvalue weighted by atomic mass is 35.5. The predicted octanol–water partition coefficient (Wildman–Crippen LogP) is 2.68. The van der Waals surface area contributed by atoms with Gasteiger partial charge in [-0.15, -0.1) is 11.6 Å². The molecule has 0 aromatic carbocycles. The number of aryl methyl sites for hydroxylation is 1. The number of alkyl halides is 1. The number of halogens is 1. The summed E-state index contributed by atoms with van der Waals surface area (Å²) in [5, 5.41) is 0.305. The number of amides is 1. The number of carbonyl (C=O) groups excluding carboxylic acids is 1. The van der Waals surface area contributed by atoms with Gasteiger partial charge in [0, 0.05) is 19.0 Å². The maximum atomic E-state index is 11.9. The number of carbonyl (C=O) groups is 1. The van der Waals surface area contributed by atoms with Crippen molar-refractivity contribution in [1.82, 2.24) is 4.90 Å². The van der Waals surface area contributed by atoms with Gasteiger partial charge < -0.3 is 9.32 Å². The second kappa shape index (κ2) is 4.50. The van der Waals surface area contributed by atoms with Gasteiger partial charge in [-0.3, -0.25) is 4.79 Å². The third-order valence-electron chi connectivity index (χ3n) is 3.01. The molecular formula is C12H16ClNO2. The molecule has 1 aliphatic rings. The lowest BCUT2D eigenvalue weighted by molar-refractivity contribution is 0.0714. The van der Waals surface area contributed by atoms with Crippen molar-refractivity contribution in [2.45, 2.75) is 25.1 Å². The van der Waals surface area contributed by atoms with Gasteiger partial charge in [-0.05, 0) is 37.8 Å². The van der Waals surface area contributed by atoms with Gasteiger partial charge in [-0.25, -0.2) is 0 Å². The van der Waals surface area contributed by atoms with E-state index in [9.17, 15) is 4.79 Å². The molecule has 0 unspecified atom stereocenters. The molecule has 16 heavy (non-hydrogen) atoms. The van der Waals surface area contributed by atoms with Crippen LogP contribution in [0.15, 0.2) is 16.5 Å². The lowest BCUT2D eigenvalue weighted by Crippen LogP contribution is -2.37. The number of hydrogen-bond acceptors (Lipinski definition) is 2. The van der Waals surface area contributed by atoms with E-state index in [4.69, 9.17) is 16.0 Å². The molecule has 1 saturated carbocycles. The smallest absolute Gasteiger partial charge is 0.289 e. The Morgan fingerprint density at radius 2 is 2.25 bits per heavy atom. The van der Waals surface area contributed by atoms with Crippen LogP contribution in [-0.4, -0.2) is 29.8 Å². The van der Waals surface area contributed by atoms with Crippen molar-refractivity contribution in [2.24, 2.45) is 5.92 Å². The van der Waals surface area contributed by atoms with Crippen molar-refractivity contribution in [2.75, 3.05) is 13.6 Å². The number of hydrogen-bond donors (Lipinski definition) is 0. The van der Waals surface area contributed by atoms with Crippen LogP contribution < -0.4 is 0 Å². The van der Waals surface area contributed by atoms with Crippen LogP contribution in [0.2, 0.25) is 0 Å². The Hall–Kier alpha value is -0.960. The van der Waals surface area contributed by atoms with E-state index < -0.39 is 0 Å². The van der Waals surface area contributed by atoms with Crippen molar-refractivity contribution >= 4 is 17.5 Å². The Kier molecular flexibility index (Phi) is 3.24. The summed E-state index contributed by atoms with van der Waals surface area (Å²) in [5.74, 6) is 1.68. The molecule has 1 aliphatic carbocycles. The lowest BCUT2D eigenvalue weighted by atomic mass is 9.84. The fourth-order valence-corrected chi connectivity index (χ4v) is 2.52. The first kappa shape index (κ1) is 11.5. The molecular weight excluding hydrogens is 226 g/mol. The molecule has 1 aromatic heterocycles. The Labute approximate surface area is 100 Å². The molecule has 4 heteroatoms. The third kappa shape index (κ3) is 2.40. The molecule has 0 atom stereocenters. The number of rotatable bonds is 3. The summed E-state index contributed by atoms with van der Waals surface area (Å²) < 4.78 is 5.30. The summed E-state index contributed by atoms with van der Waals surface area (Å²) in [6, 6.07) is 3.53. The minimum absolute atomic E-state index is 0.0499. The predicted molar refractivity (Wildman–Crippen MR) is 62.8 cm³/mol. The van der Waals surface area contributed by atoms with Crippen LogP contribution in [0.5, 0.6) is 0 Å². The Balaban J connectivity index is 1.89. The molecule has 0 saturated heterocycles. The van der Waals surface area contributed by atoms with Crippen molar-refractivity contribution in [3.8, 4) is 0 Å². The van der Waals surface area contributed by atoms with E-state index >= 15 is 0 Å². The van der Waals surface area contributed by atoms with Crippen LogP contribution in [0.25, 0.3) is 0 Å². The fraction of sp³-hybridized carbons (Fsp3) is 0.583. The van der Waals surface area contributed by atoms with Crippen LogP contribution in [0.3, 0.4) is 0 Å². The number of furan rings is 1. The average Bonchev–Trinajstić information content (AvgIpc) is 2.61. The Morgan fingerprint density at radius 1 is 1.56 bits per heavy atom. The maximum Gasteiger partial charge on any atom is 0.289 e. The van der Waals surface area contributed by atoms with E-state index in [0.29, 0.717) is 17.1 Å². The van der Waals surface area contributed by atoms with Crippen LogP contribution in [0, 0.1) is 12.8 Å². The first-order valence-electron chi connectivity index (χ1n) is 5.52. The molecule has 0 aliphatic heterocycles. The normalized spacial score (nSPS) is 23.9. The SMILES string of the molecule is Cc1ccc(C(=O)N(C)CC2CC(Cl)C2)o1. The number of nitrogens with zero attached hydrogens (tertiary/aromatic N) is 1. The van der Waals surface area contributed by atoms with Crippen LogP contribution in [0.1, 0.15) is 29.2 Å². The zero-order valence-corrected chi connectivity index (χ0v) is 10.3. The zero-order chi connectivity index (χ0) is 11.7. The van der Waals surface area contributed by atoms with Gasteiger partial charge in [0.15, 0.2) is 5.76 Å². The van der Waals surface area contributed by atoms with E-state index in [1.807, 2.05) is 14.0 Å². The molecule has 88 valence electrons. The highest BCUT2D eigenvalue weighted by molar-refractivity contribution is 6.21. The molecule has 0 N–H and O–H groups in total. The van der Waals surface area contributed by atoms with E-state index in [1.54, 1.807) is 17.0 Å². The van der Waals surface area contributed by atoms with Gasteiger partial charge in [0.25, 0.3) is 5.91 Å². The fourth-order valence-electron chi connectivity index (χ4n) is 2.01. The van der Waals surface area contributed by atoms with Gasteiger partial charge in [0.2, 0.25) is 0 Å². The second-order valence-corrected chi connectivity index (χ2v) is 5.15. The molecule has 1 heterocycles. The van der Waals surface area contributed by atoms with Crippen molar-refractivity contribution in [3.63, 3.8) is 0 Å². The molecule has 0 bridgehead atoms. The highest BCUT2D eigenvalue weighted by Gasteiger charge is 2.29. The average molecular weight is 242 g/mol. The third-order valence-corrected chi connectivity index (χ3v) is 3.36. The van der Waals surface area contributed by atoms with Gasteiger partial charge in [-0.2, -0.15) is 0 Å². The molecule has 1 fully saturated rings. The maximum absolute atomic E-state index is 11.9. The molecule has 1 aromatic rings. The quantitative estimate of drug-likeness (QED) is 0.763. The minimum atomic E-state index is -0.0499. The van der Waals surface area contributed by atoms with E-state index in [2.05, 4.69) is 0 Å². The second-order valence-electron chi connectivity index (χ2n) is 4.53. The largest absolute Gasteiger partial charge is 0.456 e. The van der Waals surface area contributed by atoms with Crippen molar-refractivity contribution in [3.05, 3.63) is 23.7 Å². The summed E-state index contributed by atoms with van der Waals surface area (Å²) in [7, 11) is 1.81. The summed E-state index contributed by atoms with van der Waals surface area (Å²) in [5.41, 5.74) is 0. The Bertz CT molecular complexity index is 382. The first-order valence-corrected chi connectivity index (χ1v) is 5.96. The summed E-state index contributed by atoms with van der Waals surface area (Å²) >= 11 is 5.91. The van der Waals surface area contributed by atoms with Crippen LogP contribution in [0.4, 0.5) is 0 Å². The van der Waals surface area contributed by atoms with E-state index in [1.165, 1.54) is 0 Å². The summed E-state index contributed by atoms with van der Waals surface area (Å²) in [6.45, 7) is 2.60. The topological polar surface area (TPSA) is 33.5 Å². The molecule has 2 rings (SSSR count). The minimum Gasteiger partial charge on any atom is -0.456 e. The molecule has 3 nitrogen and oxygen atoms in total. The van der Waals surface area contributed by atoms with E-state index in [-0.39, 0.29) is 5.91 Å². The lowest BCUT2D eigenvalue weighted by Gasteiger charge is -2.33. The highest BCUT2D eigenvalue weighted by Crippen LogP contribution is 2.32. The van der Waals surface area contributed by atoms with Crippen LogP contribution in [-0.2, 0) is 0 Å². The first-order chi connectivity index (χ1) is 7.56. The molecule has 0 radical (unpaired) electrons. The molecule has 1 amide bonds. The molecule has 0 spiro atoms. The van der Waals surface area contributed by atoms with Gasteiger partial charge in [0.1, 0.15) is 5.76 Å². The Morgan fingerprint density at radius 3 is 2.75 bits per heavy atom. The van der Waals surface area contributed by atoms with Gasteiger partial charge in [0.05, 0.1) is 0 Å². The zero-order valence-electron chi connectivity index (χ0n) is 9.57. The van der Waals surface area contributed by atoms with Crippen molar-refractivity contribution < 1.29 is 9.21 Å². The monoisotopic (exact) mass is 241 g/mol. The summed E-state index contributed by atoms with van der Waals surface area (Å²) in [6.07, 6.45) is 2.02. The van der Waals surface area contributed by atoms with Gasteiger partial charge >= 0.3 is 0 Å². The standard InChI is InChI=1S/C12H16ClNO2/c1-8-3-4-11(16-8)12(15)14(2)7-9-5-10(13)6-9/h3-4,9-10H,5-7H2,1-2H3. The summed E-state index contributed by atoms with van der Waals surface area (Å²) in [4.78, 5) is 13.6. The van der Waals surface area contributed by atoms with Crippen LogP contribution >= 0.6 is 11.6 Å². The van der Waals surface area contributed by atoms with Gasteiger partial charge in [-0.1, -0.05) is 0 Å². The van der Waals surface area contributed by atoms with Crippen molar-refractivity contribution in [1.29, 1.82) is 0 Å². The van der Waals surface area contributed by atoms with E-state index in [0.717, 1.165) is 25.1 Å².